The zero-order valence-electron chi connectivity index (χ0n) is 10.8. The molecule has 0 aromatic heterocycles. The van der Waals surface area contributed by atoms with E-state index in [1.165, 1.54) is 16.7 Å². The zero-order valence-corrected chi connectivity index (χ0v) is 11.6. The number of benzene rings is 1. The molecule has 1 atom stereocenters. The molecule has 1 aromatic carbocycles. The molecule has 5 nitrogen and oxygen atoms in total. The number of thioether (sulfide) groups is 1. The van der Waals surface area contributed by atoms with Gasteiger partial charge in [-0.3, -0.25) is 9.69 Å². The first-order chi connectivity index (χ1) is 9.44. The molecule has 1 amide bonds. The van der Waals surface area contributed by atoms with Gasteiger partial charge in [-0.2, -0.15) is 0 Å². The van der Waals surface area contributed by atoms with Crippen molar-refractivity contribution < 1.29 is 19.8 Å². The van der Waals surface area contributed by atoms with Crippen LogP contribution in [0.15, 0.2) is 34.9 Å². The highest BCUT2D eigenvalue weighted by atomic mass is 32.2. The molecule has 104 valence electrons. The van der Waals surface area contributed by atoms with E-state index in [-0.39, 0.29) is 17.4 Å². The number of aromatic hydroxyl groups is 1. The maximum Gasteiger partial charge on any atom is 0.353 e. The van der Waals surface area contributed by atoms with Crippen LogP contribution in [0.1, 0.15) is 18.9 Å². The first-order valence-electron chi connectivity index (χ1n) is 6.18. The lowest BCUT2D eigenvalue weighted by molar-refractivity contribution is -0.150. The van der Waals surface area contributed by atoms with Crippen molar-refractivity contribution >= 4 is 23.6 Å². The van der Waals surface area contributed by atoms with Crippen molar-refractivity contribution in [2.45, 2.75) is 24.6 Å². The molecule has 2 aliphatic rings. The van der Waals surface area contributed by atoms with Crippen molar-refractivity contribution in [2.75, 3.05) is 0 Å². The molecule has 3 rings (SSSR count). The van der Waals surface area contributed by atoms with E-state index in [2.05, 4.69) is 0 Å². The fourth-order valence-corrected chi connectivity index (χ4v) is 4.37. The quantitative estimate of drug-likeness (QED) is 0.832. The fourth-order valence-electron chi connectivity index (χ4n) is 2.81. The minimum absolute atomic E-state index is 0.0710. The summed E-state index contributed by atoms with van der Waals surface area (Å²) < 4.78 is 0. The number of nitrogens with zero attached hydrogens (tertiary/aromatic N) is 1. The Morgan fingerprint density at radius 1 is 1.45 bits per heavy atom. The van der Waals surface area contributed by atoms with Crippen molar-refractivity contribution in [3.63, 3.8) is 0 Å². The summed E-state index contributed by atoms with van der Waals surface area (Å²) in [6.45, 7) is 1.71. The van der Waals surface area contributed by atoms with E-state index in [1.807, 2.05) is 6.07 Å². The second-order valence-electron chi connectivity index (χ2n) is 4.97. The van der Waals surface area contributed by atoms with Gasteiger partial charge in [0.1, 0.15) is 16.3 Å². The third-order valence-electron chi connectivity index (χ3n) is 3.65. The van der Waals surface area contributed by atoms with Crippen LogP contribution in [0, 0.1) is 0 Å². The molecule has 6 heteroatoms. The lowest BCUT2D eigenvalue weighted by Gasteiger charge is -2.47. The Labute approximate surface area is 119 Å². The number of carbonyl (C=O) groups is 2. The van der Waals surface area contributed by atoms with Crippen LogP contribution >= 0.6 is 11.8 Å². The maximum absolute atomic E-state index is 11.8. The number of para-hydroxylation sites is 1. The fraction of sp³-hybridized carbons (Fsp3) is 0.286. The van der Waals surface area contributed by atoms with Gasteiger partial charge in [0, 0.05) is 11.3 Å². The van der Waals surface area contributed by atoms with E-state index in [0.717, 1.165) is 5.56 Å². The largest absolute Gasteiger partial charge is 0.508 e. The van der Waals surface area contributed by atoms with E-state index in [4.69, 9.17) is 0 Å². The summed E-state index contributed by atoms with van der Waals surface area (Å²) >= 11 is 1.40. The van der Waals surface area contributed by atoms with Crippen LogP contribution in [-0.4, -0.2) is 31.9 Å². The van der Waals surface area contributed by atoms with Crippen molar-refractivity contribution in [3.8, 4) is 5.75 Å². The smallest absolute Gasteiger partial charge is 0.353 e. The Kier molecular flexibility index (Phi) is 2.79. The topological polar surface area (TPSA) is 77.8 Å². The number of aliphatic carboxylic acids is 1. The summed E-state index contributed by atoms with van der Waals surface area (Å²) in [5.74, 6) is -1.09. The van der Waals surface area contributed by atoms with Gasteiger partial charge in [0.25, 0.3) is 0 Å². The number of fused-ring (bicyclic) bond motifs is 1. The predicted octanol–water partition coefficient (Wildman–Crippen LogP) is 1.93. The molecule has 0 radical (unpaired) electrons. The normalized spacial score (nSPS) is 24.6. The minimum Gasteiger partial charge on any atom is -0.508 e. The molecule has 0 spiro atoms. The van der Waals surface area contributed by atoms with Gasteiger partial charge in [-0.15, -0.1) is 0 Å². The van der Waals surface area contributed by atoms with Crippen LogP contribution in [0.5, 0.6) is 5.75 Å². The molecule has 2 heterocycles. The van der Waals surface area contributed by atoms with Crippen molar-refractivity contribution in [3.05, 3.63) is 40.4 Å². The number of phenols is 1. The average molecular weight is 291 g/mol. The number of amides is 1. The molecular formula is C14H13NO4S. The SMILES string of the molecule is CC1=C(C(=O)O)N2C(=O)C[C@@]2(Cc2ccccc2O)S1. The highest BCUT2D eigenvalue weighted by Gasteiger charge is 2.59. The predicted molar refractivity (Wildman–Crippen MR) is 73.9 cm³/mol. The molecule has 2 aliphatic heterocycles. The highest BCUT2D eigenvalue weighted by molar-refractivity contribution is 8.04. The van der Waals surface area contributed by atoms with E-state index in [1.54, 1.807) is 25.1 Å². The van der Waals surface area contributed by atoms with Gasteiger partial charge >= 0.3 is 5.97 Å². The van der Waals surface area contributed by atoms with Crippen LogP contribution in [0.3, 0.4) is 0 Å². The number of carbonyl (C=O) groups excluding carboxylic acids is 1. The number of carboxylic acids is 1. The van der Waals surface area contributed by atoms with Crippen LogP contribution in [0.25, 0.3) is 0 Å². The highest BCUT2D eigenvalue weighted by Crippen LogP contribution is 2.56. The number of allylic oxidation sites excluding steroid dienone is 1. The molecule has 0 aliphatic carbocycles. The third kappa shape index (κ3) is 1.71. The molecule has 1 fully saturated rings. The van der Waals surface area contributed by atoms with Crippen molar-refractivity contribution in [1.29, 1.82) is 0 Å². The Balaban J connectivity index is 1.94. The van der Waals surface area contributed by atoms with E-state index in [9.17, 15) is 19.8 Å². The Hall–Kier alpha value is -1.95. The van der Waals surface area contributed by atoms with Crippen molar-refractivity contribution in [2.24, 2.45) is 0 Å². The number of rotatable bonds is 3. The van der Waals surface area contributed by atoms with Gasteiger partial charge in [0.05, 0.1) is 6.42 Å². The van der Waals surface area contributed by atoms with Crippen LogP contribution in [0.4, 0.5) is 0 Å². The summed E-state index contributed by atoms with van der Waals surface area (Å²) in [5, 5.41) is 19.1. The first kappa shape index (κ1) is 13.1. The Morgan fingerprint density at radius 2 is 2.15 bits per heavy atom. The second kappa shape index (κ2) is 4.28. The number of hydrogen-bond donors (Lipinski definition) is 2. The van der Waals surface area contributed by atoms with Gasteiger partial charge in [-0.1, -0.05) is 30.0 Å². The third-order valence-corrected chi connectivity index (χ3v) is 5.00. The summed E-state index contributed by atoms with van der Waals surface area (Å²) in [5.41, 5.74) is 0.790. The van der Waals surface area contributed by atoms with E-state index >= 15 is 0 Å². The molecule has 0 unspecified atom stereocenters. The Bertz CT molecular complexity index is 654. The standard InChI is InChI=1S/C14H13NO4S/c1-8-12(13(18)19)15-11(17)7-14(15,20-8)6-9-4-2-3-5-10(9)16/h2-5,16H,6-7H2,1H3,(H,18,19)/t14-/m1/s1. The number of phenolic OH excluding ortho intramolecular Hbond substituents is 1. The van der Waals surface area contributed by atoms with Crippen LogP contribution in [0.2, 0.25) is 0 Å². The molecule has 2 N–H and O–H groups in total. The molecule has 0 saturated carbocycles. The van der Waals surface area contributed by atoms with Gasteiger partial charge in [0.2, 0.25) is 5.91 Å². The van der Waals surface area contributed by atoms with Crippen molar-refractivity contribution in [1.82, 2.24) is 4.90 Å². The average Bonchev–Trinajstić information content (AvgIpc) is 2.60. The van der Waals surface area contributed by atoms with Gasteiger partial charge in [-0.25, -0.2) is 4.79 Å². The number of carboxylic acid groups (broad SMARTS) is 1. The summed E-state index contributed by atoms with van der Waals surface area (Å²) in [4.78, 5) is 24.5. The zero-order chi connectivity index (χ0) is 14.5. The Morgan fingerprint density at radius 3 is 2.75 bits per heavy atom. The summed E-state index contributed by atoms with van der Waals surface area (Å²) in [7, 11) is 0. The summed E-state index contributed by atoms with van der Waals surface area (Å²) in [6.07, 6.45) is 0.727. The summed E-state index contributed by atoms with van der Waals surface area (Å²) in [6, 6.07) is 6.93. The molecule has 1 aromatic rings. The van der Waals surface area contributed by atoms with Gasteiger partial charge in [-0.05, 0) is 18.6 Å². The van der Waals surface area contributed by atoms with Gasteiger partial charge < -0.3 is 10.2 Å². The number of β-lactam (4-membered cyclic amide) rings is 1. The molecule has 1 saturated heterocycles. The van der Waals surface area contributed by atoms with Crippen LogP contribution in [-0.2, 0) is 16.0 Å². The second-order valence-corrected chi connectivity index (χ2v) is 6.55. The maximum atomic E-state index is 11.8. The van der Waals surface area contributed by atoms with E-state index in [0.29, 0.717) is 17.7 Å². The first-order valence-corrected chi connectivity index (χ1v) is 6.99. The van der Waals surface area contributed by atoms with Gasteiger partial charge in [0.15, 0.2) is 0 Å². The minimum atomic E-state index is -1.08. The van der Waals surface area contributed by atoms with E-state index < -0.39 is 10.8 Å². The lowest BCUT2D eigenvalue weighted by atomic mass is 9.92. The van der Waals surface area contributed by atoms with Crippen LogP contribution < -0.4 is 0 Å². The molecule has 20 heavy (non-hydrogen) atoms. The molecular weight excluding hydrogens is 278 g/mol. The number of hydrogen-bond acceptors (Lipinski definition) is 4. The lowest BCUT2D eigenvalue weighted by Crippen LogP contribution is -2.60. The monoisotopic (exact) mass is 291 g/mol. The molecule has 0 bridgehead atoms.